The highest BCUT2D eigenvalue weighted by molar-refractivity contribution is 5.09. The van der Waals surface area contributed by atoms with Gasteiger partial charge in [0.1, 0.15) is 0 Å². The Balaban J connectivity index is 3.47. The van der Waals surface area contributed by atoms with Crippen molar-refractivity contribution in [2.75, 3.05) is 13.1 Å². The van der Waals surface area contributed by atoms with Gasteiger partial charge in [0.25, 0.3) is 0 Å². The van der Waals surface area contributed by atoms with Crippen molar-refractivity contribution in [2.24, 2.45) is 11.5 Å². The van der Waals surface area contributed by atoms with E-state index < -0.39 is 0 Å². The first kappa shape index (κ1) is 12.4. The molecule has 0 aliphatic heterocycles. The molecule has 0 aliphatic rings. The van der Waals surface area contributed by atoms with Crippen molar-refractivity contribution >= 4 is 0 Å². The highest BCUT2D eigenvalue weighted by Crippen LogP contribution is 2.15. The summed E-state index contributed by atoms with van der Waals surface area (Å²) in [6.07, 6.45) is 5.06. The van der Waals surface area contributed by atoms with Crippen LogP contribution in [0.3, 0.4) is 0 Å². The van der Waals surface area contributed by atoms with Crippen LogP contribution >= 0.6 is 0 Å². The Hall–Kier alpha value is -0.600. The Labute approximate surface area is 81.7 Å². The maximum Gasteiger partial charge on any atom is -0.00742 e. The number of allylic oxidation sites excluding steroid dienone is 2. The van der Waals surface area contributed by atoms with Crippen LogP contribution in [0.1, 0.15) is 32.1 Å². The minimum Gasteiger partial charge on any atom is -0.330 e. The SMILES string of the molecule is C=C(CCCN)CC(=C)CCCN. The van der Waals surface area contributed by atoms with E-state index in [9.17, 15) is 0 Å². The average molecular weight is 182 g/mol. The van der Waals surface area contributed by atoms with Crippen molar-refractivity contribution in [2.45, 2.75) is 32.1 Å². The molecule has 2 nitrogen and oxygen atoms in total. The molecule has 0 spiro atoms. The summed E-state index contributed by atoms with van der Waals surface area (Å²) in [7, 11) is 0. The van der Waals surface area contributed by atoms with Crippen molar-refractivity contribution in [3.8, 4) is 0 Å². The van der Waals surface area contributed by atoms with Crippen LogP contribution in [0.25, 0.3) is 0 Å². The predicted octanol–water partition coefficient (Wildman–Crippen LogP) is 1.97. The van der Waals surface area contributed by atoms with Crippen LogP contribution in [-0.4, -0.2) is 13.1 Å². The van der Waals surface area contributed by atoms with E-state index in [-0.39, 0.29) is 0 Å². The Morgan fingerprint density at radius 2 is 1.23 bits per heavy atom. The molecule has 0 saturated heterocycles. The Morgan fingerprint density at radius 3 is 1.54 bits per heavy atom. The smallest absolute Gasteiger partial charge is 0.00742 e. The normalized spacial score (nSPS) is 10.0. The molecule has 0 aliphatic carbocycles. The van der Waals surface area contributed by atoms with E-state index in [0.717, 1.165) is 45.2 Å². The molecule has 0 heterocycles. The van der Waals surface area contributed by atoms with Gasteiger partial charge in [0.15, 0.2) is 0 Å². The lowest BCUT2D eigenvalue weighted by atomic mass is 10.0. The largest absolute Gasteiger partial charge is 0.330 e. The minimum absolute atomic E-state index is 0.744. The zero-order valence-electron chi connectivity index (χ0n) is 8.52. The summed E-state index contributed by atoms with van der Waals surface area (Å²) in [5.74, 6) is 0. The molecule has 0 aromatic carbocycles. The standard InChI is InChI=1S/C11H22N2/c1-10(5-3-7-12)9-11(2)6-4-8-13/h1-9,12-13H2. The average Bonchev–Trinajstić information content (AvgIpc) is 2.11. The summed E-state index contributed by atoms with van der Waals surface area (Å²) in [6.45, 7) is 9.47. The van der Waals surface area contributed by atoms with Gasteiger partial charge in [0, 0.05) is 0 Å². The lowest BCUT2D eigenvalue weighted by Gasteiger charge is -2.07. The van der Waals surface area contributed by atoms with Gasteiger partial charge in [0.2, 0.25) is 0 Å². The minimum atomic E-state index is 0.744. The van der Waals surface area contributed by atoms with Gasteiger partial charge in [-0.05, 0) is 45.2 Å². The van der Waals surface area contributed by atoms with Gasteiger partial charge in [-0.15, -0.1) is 0 Å². The Bertz CT molecular complexity index is 143. The molecule has 0 amide bonds. The molecule has 0 bridgehead atoms. The molecule has 0 unspecified atom stereocenters. The maximum atomic E-state index is 5.41. The van der Waals surface area contributed by atoms with Crippen LogP contribution < -0.4 is 11.5 Å². The lowest BCUT2D eigenvalue weighted by molar-refractivity contribution is 0.769. The lowest BCUT2D eigenvalue weighted by Crippen LogP contribution is -2.00. The molecule has 0 rings (SSSR count). The first-order valence-corrected chi connectivity index (χ1v) is 4.94. The molecule has 0 fully saturated rings. The van der Waals surface area contributed by atoms with Gasteiger partial charge >= 0.3 is 0 Å². The van der Waals surface area contributed by atoms with E-state index in [4.69, 9.17) is 11.5 Å². The van der Waals surface area contributed by atoms with Crippen LogP contribution in [0.15, 0.2) is 24.3 Å². The highest BCUT2D eigenvalue weighted by Gasteiger charge is 1.98. The number of nitrogens with two attached hydrogens (primary N) is 2. The van der Waals surface area contributed by atoms with Crippen LogP contribution in [0.4, 0.5) is 0 Å². The van der Waals surface area contributed by atoms with Crippen molar-refractivity contribution in [1.82, 2.24) is 0 Å². The van der Waals surface area contributed by atoms with Crippen LogP contribution in [0.2, 0.25) is 0 Å². The first-order chi connectivity index (χ1) is 6.20. The highest BCUT2D eigenvalue weighted by atomic mass is 14.5. The first-order valence-electron chi connectivity index (χ1n) is 4.94. The topological polar surface area (TPSA) is 52.0 Å². The monoisotopic (exact) mass is 182 g/mol. The summed E-state index contributed by atoms with van der Waals surface area (Å²) in [6, 6.07) is 0. The van der Waals surface area contributed by atoms with Crippen molar-refractivity contribution in [1.29, 1.82) is 0 Å². The van der Waals surface area contributed by atoms with E-state index in [1.165, 1.54) is 11.1 Å². The second kappa shape index (κ2) is 8.02. The van der Waals surface area contributed by atoms with Gasteiger partial charge in [-0.1, -0.05) is 24.3 Å². The van der Waals surface area contributed by atoms with E-state index in [1.54, 1.807) is 0 Å². The molecular formula is C11H22N2. The third kappa shape index (κ3) is 7.75. The zero-order valence-corrected chi connectivity index (χ0v) is 8.52. The summed E-state index contributed by atoms with van der Waals surface area (Å²) < 4.78 is 0. The fraction of sp³-hybridized carbons (Fsp3) is 0.636. The quantitative estimate of drug-likeness (QED) is 0.564. The summed E-state index contributed by atoms with van der Waals surface area (Å²) >= 11 is 0. The summed E-state index contributed by atoms with van der Waals surface area (Å²) in [5.41, 5.74) is 13.3. The van der Waals surface area contributed by atoms with Crippen LogP contribution in [-0.2, 0) is 0 Å². The van der Waals surface area contributed by atoms with E-state index in [0.29, 0.717) is 0 Å². The Morgan fingerprint density at radius 1 is 0.846 bits per heavy atom. The van der Waals surface area contributed by atoms with E-state index in [2.05, 4.69) is 13.2 Å². The number of hydrogen-bond acceptors (Lipinski definition) is 2. The van der Waals surface area contributed by atoms with E-state index >= 15 is 0 Å². The fourth-order valence-corrected chi connectivity index (χ4v) is 1.23. The second-order valence-corrected chi connectivity index (χ2v) is 3.46. The molecule has 0 radical (unpaired) electrons. The molecule has 0 saturated carbocycles. The summed E-state index contributed by atoms with van der Waals surface area (Å²) in [4.78, 5) is 0. The molecule has 2 heteroatoms. The molecule has 0 aromatic rings. The maximum absolute atomic E-state index is 5.41. The van der Waals surface area contributed by atoms with Crippen molar-refractivity contribution < 1.29 is 0 Å². The number of hydrogen-bond donors (Lipinski definition) is 2. The third-order valence-corrected chi connectivity index (χ3v) is 1.97. The van der Waals surface area contributed by atoms with Gasteiger partial charge in [-0.25, -0.2) is 0 Å². The molecule has 4 N–H and O–H groups in total. The van der Waals surface area contributed by atoms with Crippen LogP contribution in [0, 0.1) is 0 Å². The molecule has 0 aromatic heterocycles. The van der Waals surface area contributed by atoms with Gasteiger partial charge < -0.3 is 11.5 Å². The van der Waals surface area contributed by atoms with Crippen molar-refractivity contribution in [3.63, 3.8) is 0 Å². The number of rotatable bonds is 8. The summed E-state index contributed by atoms with van der Waals surface area (Å²) in [5, 5.41) is 0. The molecule has 0 atom stereocenters. The van der Waals surface area contributed by atoms with Gasteiger partial charge in [-0.2, -0.15) is 0 Å². The van der Waals surface area contributed by atoms with Gasteiger partial charge in [0.05, 0.1) is 0 Å². The molecule has 76 valence electrons. The fourth-order valence-electron chi connectivity index (χ4n) is 1.23. The third-order valence-electron chi connectivity index (χ3n) is 1.97. The van der Waals surface area contributed by atoms with Crippen LogP contribution in [0.5, 0.6) is 0 Å². The Kier molecular flexibility index (Phi) is 7.65. The zero-order chi connectivity index (χ0) is 10.1. The predicted molar refractivity (Wildman–Crippen MR) is 59.5 cm³/mol. The van der Waals surface area contributed by atoms with Crippen molar-refractivity contribution in [3.05, 3.63) is 24.3 Å². The molecular weight excluding hydrogens is 160 g/mol. The van der Waals surface area contributed by atoms with E-state index in [1.807, 2.05) is 0 Å². The second-order valence-electron chi connectivity index (χ2n) is 3.46. The van der Waals surface area contributed by atoms with Gasteiger partial charge in [-0.3, -0.25) is 0 Å². The molecule has 13 heavy (non-hydrogen) atoms.